The highest BCUT2D eigenvalue weighted by molar-refractivity contribution is 6.05. The Bertz CT molecular complexity index is 975. The monoisotopic (exact) mass is 378 g/mol. The number of furan rings is 1. The van der Waals surface area contributed by atoms with E-state index in [1.165, 1.54) is 6.42 Å². The molecule has 4 rings (SSSR count). The number of carbonyl (C=O) groups excluding carboxylic acids is 2. The fraction of sp³-hybridized carbons (Fsp3) is 0.318. The summed E-state index contributed by atoms with van der Waals surface area (Å²) in [7, 11) is 0. The van der Waals surface area contributed by atoms with E-state index in [1.807, 2.05) is 24.3 Å². The molecule has 2 aromatic heterocycles. The Labute approximate surface area is 162 Å². The molecule has 1 aliphatic carbocycles. The molecule has 3 aromatic rings. The maximum atomic E-state index is 12.7. The van der Waals surface area contributed by atoms with Gasteiger partial charge < -0.3 is 14.5 Å². The third-order valence-electron chi connectivity index (χ3n) is 5.01. The molecule has 0 aliphatic heterocycles. The number of pyridine rings is 1. The van der Waals surface area contributed by atoms with E-state index in [0.717, 1.165) is 25.7 Å². The van der Waals surface area contributed by atoms with Crippen LogP contribution in [0.1, 0.15) is 42.5 Å². The number of fused-ring (bicyclic) bond motifs is 1. The van der Waals surface area contributed by atoms with Crippen molar-refractivity contribution in [3.05, 3.63) is 54.3 Å². The van der Waals surface area contributed by atoms with Crippen LogP contribution in [-0.2, 0) is 9.53 Å². The standard InChI is InChI=1S/C22H22N2O4/c25-21(23-15-7-2-1-3-8-15)14-28-22(26)17-13-19(20-11-6-12-27-20)24-18-10-5-4-9-16(17)18/h4-6,9-13,15H,1-3,7-8,14H2,(H,23,25). The van der Waals surface area contributed by atoms with E-state index in [1.54, 1.807) is 24.5 Å². The number of ether oxygens (including phenoxy) is 1. The van der Waals surface area contributed by atoms with E-state index >= 15 is 0 Å². The number of carbonyl (C=O) groups is 2. The van der Waals surface area contributed by atoms with Gasteiger partial charge in [-0.05, 0) is 37.1 Å². The predicted molar refractivity (Wildman–Crippen MR) is 105 cm³/mol. The number of esters is 1. The molecule has 0 atom stereocenters. The van der Waals surface area contributed by atoms with Crippen LogP contribution in [0.5, 0.6) is 0 Å². The van der Waals surface area contributed by atoms with Gasteiger partial charge in [0.25, 0.3) is 5.91 Å². The molecular weight excluding hydrogens is 356 g/mol. The maximum Gasteiger partial charge on any atom is 0.339 e. The van der Waals surface area contributed by atoms with Gasteiger partial charge >= 0.3 is 5.97 Å². The van der Waals surface area contributed by atoms with Crippen LogP contribution in [0.3, 0.4) is 0 Å². The zero-order chi connectivity index (χ0) is 19.3. The number of aromatic nitrogens is 1. The Morgan fingerprint density at radius 2 is 1.93 bits per heavy atom. The number of nitrogens with one attached hydrogen (secondary N) is 1. The van der Waals surface area contributed by atoms with Gasteiger partial charge in [-0.2, -0.15) is 0 Å². The SMILES string of the molecule is O=C(COC(=O)c1cc(-c2ccco2)nc2ccccc12)NC1CCCCC1. The second-order valence-electron chi connectivity index (χ2n) is 7.03. The van der Waals surface area contributed by atoms with Crippen LogP contribution in [0.25, 0.3) is 22.4 Å². The first-order valence-corrected chi connectivity index (χ1v) is 9.61. The van der Waals surface area contributed by atoms with Crippen LogP contribution in [0.2, 0.25) is 0 Å². The van der Waals surface area contributed by atoms with Crippen molar-refractivity contribution < 1.29 is 18.7 Å². The second-order valence-corrected chi connectivity index (χ2v) is 7.03. The minimum atomic E-state index is -0.551. The lowest BCUT2D eigenvalue weighted by atomic mass is 9.95. The summed E-state index contributed by atoms with van der Waals surface area (Å²) in [5.41, 5.74) is 1.57. The lowest BCUT2D eigenvalue weighted by molar-refractivity contribution is -0.125. The topological polar surface area (TPSA) is 81.4 Å². The molecule has 0 radical (unpaired) electrons. The largest absolute Gasteiger partial charge is 0.463 e. The number of amides is 1. The Balaban J connectivity index is 1.51. The van der Waals surface area contributed by atoms with Crippen LogP contribution in [0.4, 0.5) is 0 Å². The molecule has 1 saturated carbocycles. The molecule has 0 bridgehead atoms. The van der Waals surface area contributed by atoms with Gasteiger partial charge in [0.05, 0.1) is 17.3 Å². The summed E-state index contributed by atoms with van der Waals surface area (Å²) in [4.78, 5) is 29.4. The molecule has 28 heavy (non-hydrogen) atoms. The molecule has 1 aliphatic rings. The van der Waals surface area contributed by atoms with Crippen molar-refractivity contribution in [2.75, 3.05) is 6.61 Å². The van der Waals surface area contributed by atoms with Gasteiger partial charge in [-0.15, -0.1) is 0 Å². The first-order chi connectivity index (χ1) is 13.7. The third kappa shape index (κ3) is 4.06. The van der Waals surface area contributed by atoms with Crippen LogP contribution in [-0.4, -0.2) is 29.5 Å². The van der Waals surface area contributed by atoms with Crippen molar-refractivity contribution in [1.29, 1.82) is 0 Å². The lowest BCUT2D eigenvalue weighted by Crippen LogP contribution is -2.38. The molecule has 1 fully saturated rings. The van der Waals surface area contributed by atoms with Gasteiger partial charge in [0.1, 0.15) is 5.69 Å². The number of rotatable bonds is 5. The van der Waals surface area contributed by atoms with Gasteiger partial charge in [-0.25, -0.2) is 9.78 Å². The van der Waals surface area contributed by atoms with Crippen LogP contribution in [0, 0.1) is 0 Å². The first-order valence-electron chi connectivity index (χ1n) is 9.61. The molecule has 1 aromatic carbocycles. The summed E-state index contributed by atoms with van der Waals surface area (Å²) in [6.07, 6.45) is 7.00. The van der Waals surface area contributed by atoms with Gasteiger partial charge in [0.15, 0.2) is 12.4 Å². The van der Waals surface area contributed by atoms with E-state index in [2.05, 4.69) is 10.3 Å². The lowest BCUT2D eigenvalue weighted by Gasteiger charge is -2.22. The fourth-order valence-corrected chi connectivity index (χ4v) is 3.62. The molecular formula is C22H22N2O4. The van der Waals surface area contributed by atoms with Gasteiger partial charge in [-0.1, -0.05) is 37.5 Å². The van der Waals surface area contributed by atoms with E-state index in [9.17, 15) is 9.59 Å². The average molecular weight is 378 g/mol. The van der Waals surface area contributed by atoms with E-state index in [-0.39, 0.29) is 18.6 Å². The highest BCUT2D eigenvalue weighted by Gasteiger charge is 2.19. The molecule has 6 nitrogen and oxygen atoms in total. The Hall–Kier alpha value is -3.15. The van der Waals surface area contributed by atoms with E-state index < -0.39 is 5.97 Å². The summed E-state index contributed by atoms with van der Waals surface area (Å²) >= 11 is 0. The molecule has 0 spiro atoms. The molecule has 0 saturated heterocycles. The van der Waals surface area contributed by atoms with Gasteiger partial charge in [0, 0.05) is 11.4 Å². The number of benzene rings is 1. The summed E-state index contributed by atoms with van der Waals surface area (Å²) in [5.74, 6) is -0.245. The first kappa shape index (κ1) is 18.2. The van der Waals surface area contributed by atoms with E-state index in [4.69, 9.17) is 9.15 Å². The van der Waals surface area contributed by atoms with Crippen LogP contribution >= 0.6 is 0 Å². The number of hydrogen-bond donors (Lipinski definition) is 1. The van der Waals surface area contributed by atoms with Gasteiger partial charge in [-0.3, -0.25) is 4.79 Å². The smallest absolute Gasteiger partial charge is 0.339 e. The highest BCUT2D eigenvalue weighted by atomic mass is 16.5. The summed E-state index contributed by atoms with van der Waals surface area (Å²) < 4.78 is 10.7. The molecule has 144 valence electrons. The molecule has 1 amide bonds. The minimum absolute atomic E-state index is 0.187. The normalized spacial score (nSPS) is 14.7. The molecule has 2 heterocycles. The molecule has 1 N–H and O–H groups in total. The van der Waals surface area contributed by atoms with Crippen molar-refractivity contribution in [1.82, 2.24) is 10.3 Å². The number of nitrogens with zero attached hydrogens (tertiary/aromatic N) is 1. The maximum absolute atomic E-state index is 12.7. The average Bonchev–Trinajstić information content (AvgIpc) is 3.27. The number of para-hydroxylation sites is 1. The predicted octanol–water partition coefficient (Wildman–Crippen LogP) is 4.10. The van der Waals surface area contributed by atoms with Crippen LogP contribution in [0.15, 0.2) is 53.1 Å². The quantitative estimate of drug-likeness (QED) is 0.676. The summed E-state index contributed by atoms with van der Waals surface area (Å²) in [6.45, 7) is -0.290. The van der Waals surface area contributed by atoms with E-state index in [0.29, 0.717) is 27.9 Å². The van der Waals surface area contributed by atoms with Crippen molar-refractivity contribution in [3.63, 3.8) is 0 Å². The summed E-state index contributed by atoms with van der Waals surface area (Å²) in [6, 6.07) is 12.7. The van der Waals surface area contributed by atoms with Crippen molar-refractivity contribution >= 4 is 22.8 Å². The zero-order valence-corrected chi connectivity index (χ0v) is 15.5. The second kappa shape index (κ2) is 8.25. The fourth-order valence-electron chi connectivity index (χ4n) is 3.62. The highest BCUT2D eigenvalue weighted by Crippen LogP contribution is 2.25. The van der Waals surface area contributed by atoms with Crippen molar-refractivity contribution in [3.8, 4) is 11.5 Å². The Morgan fingerprint density at radius 3 is 2.71 bits per heavy atom. The third-order valence-corrected chi connectivity index (χ3v) is 5.01. The Kier molecular flexibility index (Phi) is 5.37. The summed E-state index contributed by atoms with van der Waals surface area (Å²) in [5, 5.41) is 3.63. The zero-order valence-electron chi connectivity index (χ0n) is 15.5. The van der Waals surface area contributed by atoms with Gasteiger partial charge in [0.2, 0.25) is 0 Å². The Morgan fingerprint density at radius 1 is 1.11 bits per heavy atom. The molecule has 6 heteroatoms. The van der Waals surface area contributed by atoms with Crippen molar-refractivity contribution in [2.24, 2.45) is 0 Å². The molecule has 0 unspecified atom stereocenters. The minimum Gasteiger partial charge on any atom is -0.463 e. The number of hydrogen-bond acceptors (Lipinski definition) is 5. The van der Waals surface area contributed by atoms with Crippen LogP contribution < -0.4 is 5.32 Å². The van der Waals surface area contributed by atoms with Crippen molar-refractivity contribution in [2.45, 2.75) is 38.1 Å².